The van der Waals surface area contributed by atoms with Gasteiger partial charge < -0.3 is 0 Å². The van der Waals surface area contributed by atoms with Crippen molar-refractivity contribution in [1.82, 2.24) is 0 Å². The molecule has 0 N–H and O–H groups in total. The molecule has 0 bridgehead atoms. The molecule has 21 heavy (non-hydrogen) atoms. The van der Waals surface area contributed by atoms with Crippen LogP contribution in [0.4, 0.5) is 0 Å². The molecule has 0 radical (unpaired) electrons. The Balaban J connectivity index is 2.04. The molecule has 0 aliphatic carbocycles. The molecule has 4 nitrogen and oxygen atoms in total. The van der Waals surface area contributed by atoms with Crippen LogP contribution in [0.2, 0.25) is 0 Å². The average Bonchev–Trinajstić information content (AvgIpc) is 2.49. The van der Waals surface area contributed by atoms with Crippen molar-refractivity contribution in [3.8, 4) is 0 Å². The van der Waals surface area contributed by atoms with Crippen LogP contribution < -0.4 is 0 Å². The maximum absolute atomic E-state index is 6.35. The van der Waals surface area contributed by atoms with Gasteiger partial charge in [0, 0.05) is 0 Å². The first-order valence-electron chi connectivity index (χ1n) is 8.81. The summed E-state index contributed by atoms with van der Waals surface area (Å²) in [6.07, 6.45) is 7.14. The van der Waals surface area contributed by atoms with Crippen LogP contribution in [0.1, 0.15) is 66.2 Å². The van der Waals surface area contributed by atoms with Gasteiger partial charge in [-0.25, -0.2) is 0 Å². The van der Waals surface area contributed by atoms with Crippen molar-refractivity contribution in [3.05, 3.63) is 0 Å². The fraction of sp³-hybridized carbons (Fsp3) is 1.00. The Hall–Kier alpha value is 0.554. The molecule has 124 valence electrons. The second-order valence-electron chi connectivity index (χ2n) is 6.35. The van der Waals surface area contributed by atoms with Gasteiger partial charge in [0.2, 0.25) is 0 Å². The Morgan fingerprint density at radius 3 is 1.52 bits per heavy atom. The van der Waals surface area contributed by atoms with Gasteiger partial charge in [-0.3, -0.25) is 0 Å². The summed E-state index contributed by atoms with van der Waals surface area (Å²) >= 11 is -3.46. The summed E-state index contributed by atoms with van der Waals surface area (Å²) in [4.78, 5) is 0. The third-order valence-electron chi connectivity index (χ3n) is 4.79. The van der Waals surface area contributed by atoms with E-state index >= 15 is 0 Å². The zero-order valence-electron chi connectivity index (χ0n) is 14.1. The first-order valence-corrected chi connectivity index (χ1v) is 11.4. The molecular formula is C16H32O4Ti. The van der Waals surface area contributed by atoms with E-state index in [1.54, 1.807) is 0 Å². The molecule has 1 spiro atoms. The molecule has 0 aromatic carbocycles. The Labute approximate surface area is 135 Å². The van der Waals surface area contributed by atoms with Gasteiger partial charge in [-0.05, 0) is 0 Å². The monoisotopic (exact) mass is 336 g/mol. The first-order chi connectivity index (χ1) is 10.2. The van der Waals surface area contributed by atoms with Gasteiger partial charge in [-0.15, -0.1) is 0 Å². The second kappa shape index (κ2) is 8.42. The van der Waals surface area contributed by atoms with Gasteiger partial charge in [0.15, 0.2) is 0 Å². The minimum absolute atomic E-state index is 0.259. The summed E-state index contributed by atoms with van der Waals surface area (Å²) in [7, 11) is 0. The summed E-state index contributed by atoms with van der Waals surface area (Å²) in [6, 6.07) is 0. The SMILES string of the molecule is CCCC1[O][Ti]2([O]CC1CC)[O]CC(CC)C(CCC)[O]2. The van der Waals surface area contributed by atoms with Gasteiger partial charge in [0.1, 0.15) is 0 Å². The van der Waals surface area contributed by atoms with Crippen LogP contribution in [0.3, 0.4) is 0 Å². The molecule has 2 heterocycles. The maximum atomic E-state index is 6.35. The van der Waals surface area contributed by atoms with Gasteiger partial charge >= 0.3 is 135 Å². The average molecular weight is 336 g/mol. The molecule has 4 atom stereocenters. The van der Waals surface area contributed by atoms with Crippen LogP contribution in [-0.4, -0.2) is 25.4 Å². The Morgan fingerprint density at radius 1 is 0.762 bits per heavy atom. The molecule has 5 heteroatoms. The van der Waals surface area contributed by atoms with Gasteiger partial charge in [-0.1, -0.05) is 0 Å². The molecule has 2 aliphatic heterocycles. The predicted octanol–water partition coefficient (Wildman–Crippen LogP) is 4.28. The summed E-state index contributed by atoms with van der Waals surface area (Å²) < 4.78 is 24.9. The fourth-order valence-corrected chi connectivity index (χ4v) is 7.40. The van der Waals surface area contributed by atoms with Crippen molar-refractivity contribution in [3.63, 3.8) is 0 Å². The third kappa shape index (κ3) is 4.30. The van der Waals surface area contributed by atoms with Gasteiger partial charge in [0.05, 0.1) is 0 Å². The number of hydrogen-bond donors (Lipinski definition) is 0. The Bertz CT molecular complexity index is 283. The molecular weight excluding hydrogens is 304 g/mol. The third-order valence-corrected chi connectivity index (χ3v) is 8.26. The predicted molar refractivity (Wildman–Crippen MR) is 79.0 cm³/mol. The van der Waals surface area contributed by atoms with E-state index in [1.165, 1.54) is 0 Å². The van der Waals surface area contributed by atoms with Crippen LogP contribution in [0.15, 0.2) is 0 Å². The molecule has 2 rings (SSSR count). The van der Waals surface area contributed by atoms with E-state index < -0.39 is 18.1 Å². The van der Waals surface area contributed by atoms with E-state index in [2.05, 4.69) is 27.7 Å². The summed E-state index contributed by atoms with van der Waals surface area (Å²) in [5, 5.41) is 0. The van der Waals surface area contributed by atoms with Crippen molar-refractivity contribution < 1.29 is 31.4 Å². The first kappa shape index (κ1) is 17.9. The number of rotatable bonds is 6. The van der Waals surface area contributed by atoms with E-state index in [1.807, 2.05) is 0 Å². The number of hydrogen-bond acceptors (Lipinski definition) is 4. The van der Waals surface area contributed by atoms with Crippen LogP contribution in [0.5, 0.6) is 0 Å². The fourth-order valence-electron chi connectivity index (χ4n) is 3.32. The van der Waals surface area contributed by atoms with E-state index in [0.717, 1.165) is 51.7 Å². The topological polar surface area (TPSA) is 36.9 Å². The van der Waals surface area contributed by atoms with E-state index in [9.17, 15) is 0 Å². The molecule has 2 saturated heterocycles. The van der Waals surface area contributed by atoms with E-state index in [4.69, 9.17) is 13.3 Å². The summed E-state index contributed by atoms with van der Waals surface area (Å²) in [6.45, 7) is 10.3. The molecule has 4 unspecified atom stereocenters. The van der Waals surface area contributed by atoms with E-state index in [-0.39, 0.29) is 12.2 Å². The van der Waals surface area contributed by atoms with Gasteiger partial charge in [0.25, 0.3) is 0 Å². The quantitative estimate of drug-likeness (QED) is 0.678. The van der Waals surface area contributed by atoms with Gasteiger partial charge in [-0.2, -0.15) is 0 Å². The molecule has 2 fully saturated rings. The standard InChI is InChI=1S/2C8H16O2.Ti/c2*1-3-5-8(10)7(4-2)6-9;/h2*7-8H,3-6H2,1-2H3;/q2*-2;+4. The minimum atomic E-state index is -3.46. The zero-order valence-corrected chi connectivity index (χ0v) is 15.7. The normalized spacial score (nSPS) is 40.6. The second-order valence-corrected chi connectivity index (χ2v) is 9.55. The Morgan fingerprint density at radius 2 is 1.19 bits per heavy atom. The molecule has 0 saturated carbocycles. The van der Waals surface area contributed by atoms with Crippen LogP contribution in [0.25, 0.3) is 0 Å². The van der Waals surface area contributed by atoms with Crippen molar-refractivity contribution in [2.24, 2.45) is 11.8 Å². The summed E-state index contributed by atoms with van der Waals surface area (Å²) in [5.74, 6) is 0.976. The van der Waals surface area contributed by atoms with Crippen LogP contribution in [0, 0.1) is 11.8 Å². The molecule has 0 aromatic heterocycles. The Kier molecular flexibility index (Phi) is 7.18. The van der Waals surface area contributed by atoms with E-state index in [0.29, 0.717) is 11.8 Å². The van der Waals surface area contributed by atoms with Crippen molar-refractivity contribution in [2.75, 3.05) is 13.2 Å². The molecule has 0 amide bonds. The molecule has 2 aliphatic rings. The van der Waals surface area contributed by atoms with Crippen molar-refractivity contribution >= 4 is 0 Å². The summed E-state index contributed by atoms with van der Waals surface area (Å²) in [5.41, 5.74) is 0. The van der Waals surface area contributed by atoms with Crippen molar-refractivity contribution in [2.45, 2.75) is 78.4 Å². The van der Waals surface area contributed by atoms with Crippen LogP contribution in [-0.2, 0) is 31.4 Å². The van der Waals surface area contributed by atoms with Crippen molar-refractivity contribution in [1.29, 1.82) is 0 Å². The molecule has 0 aromatic rings. The van der Waals surface area contributed by atoms with Crippen LogP contribution >= 0.6 is 0 Å². The zero-order chi connectivity index (χ0) is 15.3.